The van der Waals surface area contributed by atoms with Gasteiger partial charge in [0.05, 0.1) is 5.69 Å². The van der Waals surface area contributed by atoms with Gasteiger partial charge in [-0.15, -0.1) is 5.10 Å². The predicted octanol–water partition coefficient (Wildman–Crippen LogP) is 3.21. The molecule has 1 aliphatic rings. The molecule has 2 aromatic heterocycles. The summed E-state index contributed by atoms with van der Waals surface area (Å²) in [5.41, 5.74) is 1.19. The fourth-order valence-electron chi connectivity index (χ4n) is 3.67. The molecule has 1 N–H and O–H groups in total. The first-order chi connectivity index (χ1) is 14.8. The highest BCUT2D eigenvalue weighted by molar-refractivity contribution is 5.48. The number of nitrogens with zero attached hydrogens (tertiary/aromatic N) is 6. The number of hydrogen-bond acceptors (Lipinski definition) is 6. The Hall–Kier alpha value is -2.95. The molecule has 1 aromatic carbocycles. The zero-order valence-electron chi connectivity index (χ0n) is 17.0. The maximum absolute atomic E-state index is 13.9. The van der Waals surface area contributed by atoms with Crippen LogP contribution in [0.4, 0.5) is 29.1 Å². The third kappa shape index (κ3) is 4.87. The zero-order valence-corrected chi connectivity index (χ0v) is 17.0. The van der Waals surface area contributed by atoms with Crippen LogP contribution in [0.3, 0.4) is 0 Å². The number of rotatable bonds is 6. The number of benzene rings is 1. The smallest absolute Gasteiger partial charge is 0.370 e. The van der Waals surface area contributed by atoms with E-state index in [1.165, 1.54) is 6.07 Å². The Morgan fingerprint density at radius 3 is 2.52 bits per heavy atom. The first-order valence-electron chi connectivity index (χ1n) is 10.1. The van der Waals surface area contributed by atoms with Gasteiger partial charge in [-0.05, 0) is 32.0 Å². The van der Waals surface area contributed by atoms with Gasteiger partial charge < -0.3 is 10.2 Å². The largest absolute Gasteiger partial charge is 0.453 e. The quantitative estimate of drug-likeness (QED) is 0.472. The summed E-state index contributed by atoms with van der Waals surface area (Å²) in [4.78, 5) is 11.8. The zero-order chi connectivity index (χ0) is 22.0. The summed E-state index contributed by atoms with van der Waals surface area (Å²) in [6.07, 6.45) is -3.83. The molecule has 0 bridgehead atoms. The standard InChI is InChI=1S/C20H23F4N7/c1-14-13-17(31-19(26-14)27-18(28-31)20(22,23)24)25-7-4-8-29-9-11-30(12-10-29)16-6-3-2-5-15(16)21/h2-3,5-6,13,25H,4,7-12H2,1H3. The van der Waals surface area contributed by atoms with Crippen LogP contribution in [-0.2, 0) is 6.18 Å². The van der Waals surface area contributed by atoms with Crippen molar-refractivity contribution in [3.05, 3.63) is 47.7 Å². The Morgan fingerprint density at radius 2 is 1.81 bits per heavy atom. The third-order valence-corrected chi connectivity index (χ3v) is 5.22. The molecule has 0 aliphatic carbocycles. The number of nitrogens with one attached hydrogen (secondary N) is 1. The summed E-state index contributed by atoms with van der Waals surface area (Å²) in [6.45, 7) is 6.23. The van der Waals surface area contributed by atoms with Crippen molar-refractivity contribution in [2.24, 2.45) is 0 Å². The van der Waals surface area contributed by atoms with Crippen LogP contribution in [0.2, 0.25) is 0 Å². The molecule has 166 valence electrons. The molecule has 3 heterocycles. The molecular formula is C20H23F4N7. The lowest BCUT2D eigenvalue weighted by Crippen LogP contribution is -2.47. The SMILES string of the molecule is Cc1cc(NCCCN2CCN(c3ccccc3F)CC2)n2nc(C(F)(F)F)nc2n1. The monoisotopic (exact) mass is 437 g/mol. The Bertz CT molecular complexity index is 1040. The highest BCUT2D eigenvalue weighted by atomic mass is 19.4. The molecule has 11 heteroatoms. The Labute approximate surface area is 176 Å². The van der Waals surface area contributed by atoms with Crippen molar-refractivity contribution < 1.29 is 17.6 Å². The summed E-state index contributed by atoms with van der Waals surface area (Å²) < 4.78 is 53.8. The number of para-hydroxylation sites is 1. The summed E-state index contributed by atoms with van der Waals surface area (Å²) in [6, 6.07) is 8.43. The van der Waals surface area contributed by atoms with Crippen LogP contribution in [0.1, 0.15) is 17.9 Å². The van der Waals surface area contributed by atoms with Crippen molar-refractivity contribution in [1.29, 1.82) is 0 Å². The molecule has 1 fully saturated rings. The van der Waals surface area contributed by atoms with Crippen molar-refractivity contribution in [2.75, 3.05) is 49.5 Å². The number of fused-ring (bicyclic) bond motifs is 1. The summed E-state index contributed by atoms with van der Waals surface area (Å²) >= 11 is 0. The Morgan fingerprint density at radius 1 is 1.06 bits per heavy atom. The second-order valence-electron chi connectivity index (χ2n) is 7.49. The molecule has 0 radical (unpaired) electrons. The van der Waals surface area contributed by atoms with Crippen LogP contribution in [0.5, 0.6) is 0 Å². The van der Waals surface area contributed by atoms with E-state index in [0.717, 1.165) is 43.7 Å². The van der Waals surface area contributed by atoms with E-state index in [4.69, 9.17) is 0 Å². The summed E-state index contributed by atoms with van der Waals surface area (Å²) in [5.74, 6) is -1.07. The second-order valence-corrected chi connectivity index (χ2v) is 7.49. The van der Waals surface area contributed by atoms with Crippen LogP contribution < -0.4 is 10.2 Å². The number of alkyl halides is 3. The Kier molecular flexibility index (Phi) is 5.94. The first-order valence-corrected chi connectivity index (χ1v) is 10.1. The van der Waals surface area contributed by atoms with E-state index in [1.54, 1.807) is 25.1 Å². The number of halogens is 4. The molecule has 31 heavy (non-hydrogen) atoms. The Balaban J connectivity index is 1.29. The molecule has 0 unspecified atom stereocenters. The van der Waals surface area contributed by atoms with E-state index in [1.807, 2.05) is 11.0 Å². The highest BCUT2D eigenvalue weighted by Crippen LogP contribution is 2.27. The molecule has 0 atom stereocenters. The highest BCUT2D eigenvalue weighted by Gasteiger charge is 2.36. The normalized spacial score (nSPS) is 15.6. The lowest BCUT2D eigenvalue weighted by Gasteiger charge is -2.36. The fraction of sp³-hybridized carbons (Fsp3) is 0.450. The molecule has 1 saturated heterocycles. The van der Waals surface area contributed by atoms with Gasteiger partial charge in [-0.2, -0.15) is 22.7 Å². The summed E-state index contributed by atoms with van der Waals surface area (Å²) in [5, 5.41) is 6.69. The van der Waals surface area contributed by atoms with Crippen LogP contribution in [0.25, 0.3) is 5.78 Å². The van der Waals surface area contributed by atoms with Crippen molar-refractivity contribution in [3.63, 3.8) is 0 Å². The molecule has 0 saturated carbocycles. The lowest BCUT2D eigenvalue weighted by molar-refractivity contribution is -0.144. The van der Waals surface area contributed by atoms with Crippen LogP contribution in [-0.4, -0.2) is 63.8 Å². The average molecular weight is 437 g/mol. The van der Waals surface area contributed by atoms with Gasteiger partial charge in [0.1, 0.15) is 11.6 Å². The van der Waals surface area contributed by atoms with Crippen molar-refractivity contribution in [1.82, 2.24) is 24.5 Å². The van der Waals surface area contributed by atoms with Crippen LogP contribution >= 0.6 is 0 Å². The van der Waals surface area contributed by atoms with Crippen LogP contribution in [0.15, 0.2) is 30.3 Å². The van der Waals surface area contributed by atoms with Crippen molar-refractivity contribution >= 4 is 17.3 Å². The molecule has 0 amide bonds. The van der Waals surface area contributed by atoms with E-state index in [2.05, 4.69) is 25.3 Å². The minimum atomic E-state index is -4.62. The second kappa shape index (κ2) is 8.66. The van der Waals surface area contributed by atoms with Gasteiger partial charge in [-0.3, -0.25) is 4.90 Å². The van der Waals surface area contributed by atoms with Crippen molar-refractivity contribution in [2.45, 2.75) is 19.5 Å². The molecule has 3 aromatic rings. The number of piperazine rings is 1. The minimum Gasteiger partial charge on any atom is -0.370 e. The molecular weight excluding hydrogens is 414 g/mol. The molecule has 0 spiro atoms. The topological polar surface area (TPSA) is 61.6 Å². The maximum Gasteiger partial charge on any atom is 0.453 e. The predicted molar refractivity (Wildman–Crippen MR) is 109 cm³/mol. The van der Waals surface area contributed by atoms with E-state index in [-0.39, 0.29) is 11.6 Å². The van der Waals surface area contributed by atoms with Crippen LogP contribution in [0, 0.1) is 12.7 Å². The van der Waals surface area contributed by atoms with Crippen molar-refractivity contribution in [3.8, 4) is 0 Å². The minimum absolute atomic E-state index is 0.0842. The number of aryl methyl sites for hydroxylation is 1. The molecule has 1 aliphatic heterocycles. The average Bonchev–Trinajstić information content (AvgIpc) is 3.17. The number of anilines is 2. The van der Waals surface area contributed by atoms with E-state index in [9.17, 15) is 17.6 Å². The number of hydrogen-bond donors (Lipinski definition) is 1. The fourth-order valence-corrected chi connectivity index (χ4v) is 3.67. The van der Waals surface area contributed by atoms with Gasteiger partial charge in [0.2, 0.25) is 0 Å². The molecule has 7 nitrogen and oxygen atoms in total. The molecule has 4 rings (SSSR count). The van der Waals surface area contributed by atoms with Gasteiger partial charge in [0.25, 0.3) is 11.6 Å². The lowest BCUT2D eigenvalue weighted by atomic mass is 10.2. The first kappa shape index (κ1) is 21.3. The van der Waals surface area contributed by atoms with Gasteiger partial charge in [-0.25, -0.2) is 9.37 Å². The summed E-state index contributed by atoms with van der Waals surface area (Å²) in [7, 11) is 0. The van der Waals surface area contributed by atoms with E-state index in [0.29, 0.717) is 23.7 Å². The van der Waals surface area contributed by atoms with Gasteiger partial charge in [0.15, 0.2) is 0 Å². The van der Waals surface area contributed by atoms with Gasteiger partial charge in [0, 0.05) is 44.5 Å². The van der Waals surface area contributed by atoms with Gasteiger partial charge in [-0.1, -0.05) is 12.1 Å². The van der Waals surface area contributed by atoms with E-state index < -0.39 is 12.0 Å². The number of aromatic nitrogens is 4. The third-order valence-electron chi connectivity index (χ3n) is 5.22. The maximum atomic E-state index is 13.9. The van der Waals surface area contributed by atoms with Gasteiger partial charge >= 0.3 is 6.18 Å². The van der Waals surface area contributed by atoms with E-state index >= 15 is 0 Å².